The highest BCUT2D eigenvalue weighted by Crippen LogP contribution is 2.29. The Balaban J connectivity index is 1.51. The Morgan fingerprint density at radius 3 is 2.59 bits per heavy atom. The molecule has 0 radical (unpaired) electrons. The fourth-order valence-corrected chi connectivity index (χ4v) is 4.75. The van der Waals surface area contributed by atoms with E-state index < -0.39 is 0 Å². The topological polar surface area (TPSA) is 46.3 Å². The first-order valence-electron chi connectivity index (χ1n) is 9.45. The maximum absolute atomic E-state index is 13.1. The zero-order valence-electron chi connectivity index (χ0n) is 15.7. The fraction of sp³-hybridized carbons (Fsp3) is 0.364. The van der Waals surface area contributed by atoms with Crippen molar-refractivity contribution in [3.63, 3.8) is 0 Å². The monoisotopic (exact) mass is 380 g/mol. The van der Waals surface area contributed by atoms with Crippen LogP contribution in [0, 0.1) is 11.8 Å². The number of amides is 1. The van der Waals surface area contributed by atoms with E-state index in [9.17, 15) is 4.79 Å². The number of nitrogens with zero attached hydrogens (tertiary/aromatic N) is 2. The molecular formula is C22H24N2O2S. The number of para-hydroxylation sites is 2. The van der Waals surface area contributed by atoms with Gasteiger partial charge in [-0.3, -0.25) is 4.79 Å². The van der Waals surface area contributed by atoms with Crippen LogP contribution in [0.5, 0.6) is 0 Å². The second-order valence-corrected chi connectivity index (χ2v) is 8.48. The van der Waals surface area contributed by atoms with Gasteiger partial charge in [0, 0.05) is 24.4 Å². The van der Waals surface area contributed by atoms with Gasteiger partial charge >= 0.3 is 0 Å². The number of hydrogen-bond acceptors (Lipinski definition) is 4. The number of fused-ring (bicyclic) bond motifs is 1. The Morgan fingerprint density at radius 2 is 1.81 bits per heavy atom. The van der Waals surface area contributed by atoms with E-state index in [2.05, 4.69) is 18.8 Å². The van der Waals surface area contributed by atoms with Crippen molar-refractivity contribution in [1.29, 1.82) is 0 Å². The lowest BCUT2D eigenvalue weighted by molar-refractivity contribution is 0.0622. The Bertz CT molecular complexity index is 909. The predicted octanol–water partition coefficient (Wildman–Crippen LogP) is 5.24. The molecule has 2 atom stereocenters. The Kier molecular flexibility index (Phi) is 5.21. The van der Waals surface area contributed by atoms with E-state index in [4.69, 9.17) is 4.42 Å². The SMILES string of the molecule is C[C@H]1C[C@H](C)CN(C(=O)c2ccccc2CSc2nc3ccccc3o2)C1. The summed E-state index contributed by atoms with van der Waals surface area (Å²) < 4.78 is 5.79. The van der Waals surface area contributed by atoms with Gasteiger partial charge in [-0.15, -0.1) is 0 Å². The van der Waals surface area contributed by atoms with Gasteiger partial charge in [0.2, 0.25) is 0 Å². The molecule has 27 heavy (non-hydrogen) atoms. The van der Waals surface area contributed by atoms with Crippen molar-refractivity contribution in [2.75, 3.05) is 13.1 Å². The van der Waals surface area contributed by atoms with Crippen molar-refractivity contribution in [2.45, 2.75) is 31.2 Å². The summed E-state index contributed by atoms with van der Waals surface area (Å²) in [4.78, 5) is 19.7. The number of likely N-dealkylation sites (tertiary alicyclic amines) is 1. The molecule has 1 amide bonds. The first-order chi connectivity index (χ1) is 13.1. The number of hydrogen-bond donors (Lipinski definition) is 0. The van der Waals surface area contributed by atoms with E-state index in [1.807, 2.05) is 53.4 Å². The number of rotatable bonds is 4. The van der Waals surface area contributed by atoms with Gasteiger partial charge in [-0.1, -0.05) is 55.9 Å². The van der Waals surface area contributed by atoms with E-state index in [1.54, 1.807) is 0 Å². The van der Waals surface area contributed by atoms with Gasteiger partial charge in [0.1, 0.15) is 5.52 Å². The molecular weight excluding hydrogens is 356 g/mol. The van der Waals surface area contributed by atoms with Gasteiger partial charge in [-0.25, -0.2) is 4.98 Å². The number of carbonyl (C=O) groups is 1. The molecule has 0 aliphatic carbocycles. The molecule has 0 spiro atoms. The maximum Gasteiger partial charge on any atom is 0.257 e. The largest absolute Gasteiger partial charge is 0.431 e. The lowest BCUT2D eigenvalue weighted by Gasteiger charge is -2.35. The minimum absolute atomic E-state index is 0.141. The third kappa shape index (κ3) is 4.03. The molecule has 0 N–H and O–H groups in total. The number of carbonyl (C=O) groups excluding carboxylic acids is 1. The van der Waals surface area contributed by atoms with Gasteiger partial charge in [-0.05, 0) is 42.0 Å². The summed E-state index contributed by atoms with van der Waals surface area (Å²) in [6.07, 6.45) is 1.19. The molecule has 0 saturated carbocycles. The minimum Gasteiger partial charge on any atom is -0.431 e. The smallest absolute Gasteiger partial charge is 0.257 e. The van der Waals surface area contributed by atoms with Crippen LogP contribution in [0.4, 0.5) is 0 Å². The molecule has 4 rings (SSSR count). The van der Waals surface area contributed by atoms with Crippen molar-refractivity contribution >= 4 is 28.8 Å². The summed E-state index contributed by atoms with van der Waals surface area (Å²) >= 11 is 1.53. The number of aromatic nitrogens is 1. The van der Waals surface area contributed by atoms with Crippen LogP contribution in [-0.4, -0.2) is 28.9 Å². The zero-order chi connectivity index (χ0) is 18.8. The summed E-state index contributed by atoms with van der Waals surface area (Å²) in [5, 5.41) is 0.638. The number of benzene rings is 2. The normalized spacial score (nSPS) is 20.1. The zero-order valence-corrected chi connectivity index (χ0v) is 16.5. The Hall–Kier alpha value is -2.27. The van der Waals surface area contributed by atoms with Crippen LogP contribution in [0.1, 0.15) is 36.2 Å². The molecule has 1 fully saturated rings. The van der Waals surface area contributed by atoms with Gasteiger partial charge in [0.15, 0.2) is 5.58 Å². The van der Waals surface area contributed by atoms with Crippen LogP contribution in [0.25, 0.3) is 11.1 Å². The average molecular weight is 381 g/mol. The molecule has 1 saturated heterocycles. The molecule has 1 aliphatic rings. The summed E-state index contributed by atoms with van der Waals surface area (Å²) in [6, 6.07) is 15.7. The van der Waals surface area contributed by atoms with E-state index in [0.717, 1.165) is 35.3 Å². The Labute approximate surface area is 164 Å². The molecule has 2 aromatic carbocycles. The molecule has 0 unspecified atom stereocenters. The van der Waals surface area contributed by atoms with E-state index in [1.165, 1.54) is 18.2 Å². The van der Waals surface area contributed by atoms with Crippen LogP contribution < -0.4 is 0 Å². The molecule has 3 aromatic rings. The lowest BCUT2D eigenvalue weighted by atomic mass is 9.91. The first kappa shape index (κ1) is 18.1. The molecule has 2 heterocycles. The molecule has 0 bridgehead atoms. The average Bonchev–Trinajstić information content (AvgIpc) is 3.08. The van der Waals surface area contributed by atoms with Crippen molar-refractivity contribution in [2.24, 2.45) is 11.8 Å². The lowest BCUT2D eigenvalue weighted by Crippen LogP contribution is -2.42. The molecule has 1 aliphatic heterocycles. The predicted molar refractivity (Wildman–Crippen MR) is 109 cm³/mol. The third-order valence-corrected chi connectivity index (χ3v) is 5.91. The van der Waals surface area contributed by atoms with Crippen LogP contribution in [0.15, 0.2) is 58.2 Å². The van der Waals surface area contributed by atoms with E-state index in [-0.39, 0.29) is 5.91 Å². The van der Waals surface area contributed by atoms with Gasteiger partial charge in [-0.2, -0.15) is 0 Å². The second-order valence-electron chi connectivity index (χ2n) is 7.55. The Morgan fingerprint density at radius 1 is 1.11 bits per heavy atom. The maximum atomic E-state index is 13.1. The first-order valence-corrected chi connectivity index (χ1v) is 10.4. The van der Waals surface area contributed by atoms with Crippen molar-refractivity contribution in [1.82, 2.24) is 9.88 Å². The molecule has 5 heteroatoms. The van der Waals surface area contributed by atoms with Crippen LogP contribution in [0.3, 0.4) is 0 Å². The summed E-state index contributed by atoms with van der Waals surface area (Å²) in [6.45, 7) is 6.14. The number of thioether (sulfide) groups is 1. The van der Waals surface area contributed by atoms with E-state index in [0.29, 0.717) is 22.8 Å². The van der Waals surface area contributed by atoms with Crippen molar-refractivity contribution in [3.8, 4) is 0 Å². The van der Waals surface area contributed by atoms with Crippen molar-refractivity contribution < 1.29 is 9.21 Å². The minimum atomic E-state index is 0.141. The highest BCUT2D eigenvalue weighted by Gasteiger charge is 2.27. The molecule has 1 aromatic heterocycles. The van der Waals surface area contributed by atoms with Crippen LogP contribution in [0.2, 0.25) is 0 Å². The van der Waals surface area contributed by atoms with Gasteiger partial charge in [0.25, 0.3) is 11.1 Å². The van der Waals surface area contributed by atoms with Crippen LogP contribution in [-0.2, 0) is 5.75 Å². The van der Waals surface area contributed by atoms with E-state index >= 15 is 0 Å². The van der Waals surface area contributed by atoms with Crippen molar-refractivity contribution in [3.05, 3.63) is 59.7 Å². The molecule has 140 valence electrons. The van der Waals surface area contributed by atoms with Crippen LogP contribution >= 0.6 is 11.8 Å². The summed E-state index contributed by atoms with van der Waals surface area (Å²) in [5.41, 5.74) is 3.48. The van der Waals surface area contributed by atoms with Gasteiger partial charge in [0.05, 0.1) is 0 Å². The molecule has 4 nitrogen and oxygen atoms in total. The number of piperidine rings is 1. The fourth-order valence-electron chi connectivity index (χ4n) is 3.91. The number of oxazole rings is 1. The third-order valence-electron chi connectivity index (χ3n) is 5.03. The highest BCUT2D eigenvalue weighted by molar-refractivity contribution is 7.98. The standard InChI is InChI=1S/C22H24N2O2S/c1-15-11-16(2)13-24(12-15)21(25)18-8-4-3-7-17(18)14-27-22-23-19-9-5-6-10-20(19)26-22/h3-10,15-16H,11-14H2,1-2H3/t15-,16-/m0/s1. The van der Waals surface area contributed by atoms with Gasteiger partial charge < -0.3 is 9.32 Å². The summed E-state index contributed by atoms with van der Waals surface area (Å²) in [7, 11) is 0. The quantitative estimate of drug-likeness (QED) is 0.581. The highest BCUT2D eigenvalue weighted by atomic mass is 32.2. The summed E-state index contributed by atoms with van der Waals surface area (Å²) in [5.74, 6) is 1.91. The second kappa shape index (κ2) is 7.77.